The van der Waals surface area contributed by atoms with Gasteiger partial charge in [0.2, 0.25) is 0 Å². The van der Waals surface area contributed by atoms with E-state index in [0.29, 0.717) is 0 Å². The fraction of sp³-hybridized carbons (Fsp3) is 0.429. The molecule has 0 spiro atoms. The summed E-state index contributed by atoms with van der Waals surface area (Å²) >= 11 is 0. The Morgan fingerprint density at radius 1 is 0.611 bits per heavy atom. The van der Waals surface area contributed by atoms with Gasteiger partial charge in [-0.3, -0.25) is 0 Å². The zero-order chi connectivity index (χ0) is 13.0. The van der Waals surface area contributed by atoms with Gasteiger partial charge < -0.3 is 0 Å². The van der Waals surface area contributed by atoms with Crippen LogP contribution in [-0.4, -0.2) is 0 Å². The Bertz CT molecular complexity index is 559. The Labute approximate surface area is 105 Å². The smallest absolute Gasteiger partial charge is 0.182 e. The van der Waals surface area contributed by atoms with E-state index < -0.39 is 10.8 Å². The number of hydrogen-bond acceptors (Lipinski definition) is 4. The third-order valence-corrected chi connectivity index (χ3v) is 4.68. The van der Waals surface area contributed by atoms with Gasteiger partial charge in [0.1, 0.15) is 0 Å². The molecule has 84 valence electrons. The van der Waals surface area contributed by atoms with Crippen molar-refractivity contribution in [2.45, 2.75) is 0 Å². The Hall–Kier alpha value is -2.56. The zero-order valence-electron chi connectivity index (χ0n) is 9.41. The molecule has 4 atom stereocenters. The van der Waals surface area contributed by atoms with Crippen molar-refractivity contribution in [3.05, 3.63) is 24.3 Å². The molecular weight excluding hydrogens is 224 g/mol. The molecule has 0 saturated heterocycles. The maximum Gasteiger partial charge on any atom is 0.182 e. The highest BCUT2D eigenvalue weighted by atomic mass is 14.7. The van der Waals surface area contributed by atoms with E-state index in [1.165, 1.54) is 0 Å². The summed E-state index contributed by atoms with van der Waals surface area (Å²) in [5.74, 6) is -0.471. The van der Waals surface area contributed by atoms with Gasteiger partial charge in [-0.15, -0.1) is 0 Å². The molecule has 1 fully saturated rings. The van der Waals surface area contributed by atoms with Gasteiger partial charge in [0.25, 0.3) is 0 Å². The summed E-state index contributed by atoms with van der Waals surface area (Å²) in [4.78, 5) is 0. The average molecular weight is 232 g/mol. The van der Waals surface area contributed by atoms with Crippen LogP contribution in [0, 0.1) is 79.8 Å². The van der Waals surface area contributed by atoms with Gasteiger partial charge in [-0.25, -0.2) is 0 Å². The van der Waals surface area contributed by atoms with Gasteiger partial charge >= 0.3 is 0 Å². The van der Waals surface area contributed by atoms with Gasteiger partial charge in [-0.1, -0.05) is 24.3 Å². The number of hydrogen-bond donors (Lipinski definition) is 0. The Balaban J connectivity index is 2.34. The van der Waals surface area contributed by atoms with Gasteiger partial charge in [-0.2, -0.15) is 21.0 Å². The first kappa shape index (κ1) is 10.6. The van der Waals surface area contributed by atoms with E-state index in [1.807, 2.05) is 48.6 Å². The van der Waals surface area contributed by atoms with Gasteiger partial charge in [0, 0.05) is 11.8 Å². The molecule has 4 heteroatoms. The van der Waals surface area contributed by atoms with Crippen LogP contribution in [0.25, 0.3) is 0 Å². The summed E-state index contributed by atoms with van der Waals surface area (Å²) in [5.41, 5.74) is -3.11. The second-order valence-electron chi connectivity index (χ2n) is 5.04. The van der Waals surface area contributed by atoms with Gasteiger partial charge in [0.05, 0.1) is 24.3 Å². The number of allylic oxidation sites excluding steroid dienone is 4. The van der Waals surface area contributed by atoms with E-state index in [2.05, 4.69) is 0 Å². The monoisotopic (exact) mass is 232 g/mol. The minimum atomic E-state index is -1.55. The fourth-order valence-electron chi connectivity index (χ4n) is 3.67. The molecular formula is C14H8N4. The SMILES string of the molecule is N#CC1(C#N)[C@H]2C=C[C@@H]([C@H]3C=C[C@H]32)C1(C#N)C#N. The molecule has 1 saturated carbocycles. The molecule has 0 aromatic heterocycles. The van der Waals surface area contributed by atoms with Crippen molar-refractivity contribution >= 4 is 0 Å². The van der Waals surface area contributed by atoms with Crippen molar-refractivity contribution in [2.24, 2.45) is 34.5 Å². The first-order valence-corrected chi connectivity index (χ1v) is 5.72. The second kappa shape index (κ2) is 3.01. The lowest BCUT2D eigenvalue weighted by atomic mass is 9.39. The molecule has 0 radical (unpaired) electrons. The van der Waals surface area contributed by atoms with E-state index in [9.17, 15) is 21.0 Å². The van der Waals surface area contributed by atoms with E-state index in [1.54, 1.807) is 0 Å². The summed E-state index contributed by atoms with van der Waals surface area (Å²) in [5, 5.41) is 37.8. The maximum atomic E-state index is 9.46. The average Bonchev–Trinajstić information content (AvgIpc) is 2.37. The predicted octanol–water partition coefficient (Wildman–Crippen LogP) is 1.67. The topological polar surface area (TPSA) is 95.2 Å². The molecule has 4 aliphatic rings. The van der Waals surface area contributed by atoms with Gasteiger partial charge in [0.15, 0.2) is 10.8 Å². The highest BCUT2D eigenvalue weighted by Gasteiger charge is 2.71. The van der Waals surface area contributed by atoms with Crippen molar-refractivity contribution in [1.29, 1.82) is 21.0 Å². The number of nitriles is 4. The Morgan fingerprint density at radius 3 is 1.17 bits per heavy atom. The minimum Gasteiger partial charge on any atom is -0.196 e. The lowest BCUT2D eigenvalue weighted by molar-refractivity contribution is 0.00894. The van der Waals surface area contributed by atoms with Crippen LogP contribution in [0.2, 0.25) is 0 Å². The molecule has 2 bridgehead atoms. The molecule has 0 aromatic rings. The summed E-state index contributed by atoms with van der Waals surface area (Å²) < 4.78 is 0. The van der Waals surface area contributed by atoms with Crippen LogP contribution < -0.4 is 0 Å². The second-order valence-corrected chi connectivity index (χ2v) is 5.04. The van der Waals surface area contributed by atoms with Crippen molar-refractivity contribution in [1.82, 2.24) is 0 Å². The molecule has 4 aliphatic carbocycles. The molecule has 0 aliphatic heterocycles. The van der Waals surface area contributed by atoms with Crippen molar-refractivity contribution in [3.8, 4) is 24.3 Å². The Kier molecular flexibility index (Phi) is 1.77. The normalized spacial score (nSPS) is 39.3. The molecule has 0 amide bonds. The molecule has 4 rings (SSSR count). The summed E-state index contributed by atoms with van der Waals surface area (Å²) in [6.07, 6.45) is 7.64. The summed E-state index contributed by atoms with van der Waals surface area (Å²) in [6.45, 7) is 0. The molecule has 0 aromatic carbocycles. The quantitative estimate of drug-likeness (QED) is 0.593. The molecule has 18 heavy (non-hydrogen) atoms. The minimum absolute atomic E-state index is 0.120. The third kappa shape index (κ3) is 0.756. The highest BCUT2D eigenvalue weighted by molar-refractivity contribution is 5.48. The van der Waals surface area contributed by atoms with Gasteiger partial charge in [-0.05, 0) is 11.8 Å². The number of fused-ring (bicyclic) bond motifs is 1. The Morgan fingerprint density at radius 2 is 0.944 bits per heavy atom. The van der Waals surface area contributed by atoms with Crippen LogP contribution >= 0.6 is 0 Å². The van der Waals surface area contributed by atoms with Crippen molar-refractivity contribution in [3.63, 3.8) is 0 Å². The summed E-state index contributed by atoms with van der Waals surface area (Å²) in [6, 6.07) is 7.94. The van der Waals surface area contributed by atoms with Crippen LogP contribution in [0.1, 0.15) is 0 Å². The van der Waals surface area contributed by atoms with Crippen LogP contribution in [0.5, 0.6) is 0 Å². The third-order valence-electron chi connectivity index (χ3n) is 4.68. The van der Waals surface area contributed by atoms with E-state index >= 15 is 0 Å². The molecule has 0 unspecified atom stereocenters. The van der Waals surface area contributed by atoms with E-state index in [0.717, 1.165) is 0 Å². The lowest BCUT2D eigenvalue weighted by Gasteiger charge is -2.57. The van der Waals surface area contributed by atoms with Crippen LogP contribution in [0.15, 0.2) is 24.3 Å². The first-order valence-electron chi connectivity index (χ1n) is 5.72. The number of nitrogens with zero attached hydrogens (tertiary/aromatic N) is 4. The first-order chi connectivity index (χ1) is 8.70. The van der Waals surface area contributed by atoms with Crippen LogP contribution in [0.3, 0.4) is 0 Å². The number of rotatable bonds is 0. The van der Waals surface area contributed by atoms with E-state index in [4.69, 9.17) is 0 Å². The summed E-state index contributed by atoms with van der Waals surface area (Å²) in [7, 11) is 0. The zero-order valence-corrected chi connectivity index (χ0v) is 9.41. The molecule has 0 heterocycles. The van der Waals surface area contributed by atoms with Crippen molar-refractivity contribution < 1.29 is 0 Å². The highest BCUT2D eigenvalue weighted by Crippen LogP contribution is 2.66. The predicted molar refractivity (Wildman–Crippen MR) is 59.6 cm³/mol. The van der Waals surface area contributed by atoms with Crippen LogP contribution in [-0.2, 0) is 0 Å². The van der Waals surface area contributed by atoms with E-state index in [-0.39, 0.29) is 23.7 Å². The van der Waals surface area contributed by atoms with Crippen molar-refractivity contribution in [2.75, 3.05) is 0 Å². The lowest BCUT2D eigenvalue weighted by Crippen LogP contribution is -2.61. The fourth-order valence-corrected chi connectivity index (χ4v) is 3.67. The maximum absolute atomic E-state index is 9.46. The standard InChI is InChI=1S/C14H8N4/c15-5-13(6-16)11-3-4-12(10-2-1-9(10)11)14(13,7-17)8-18/h1-4,9-12H/t9-,10+,11-,12-/m0/s1. The van der Waals surface area contributed by atoms with Crippen LogP contribution in [0.4, 0.5) is 0 Å². The molecule has 0 N–H and O–H groups in total. The largest absolute Gasteiger partial charge is 0.196 e. The molecule has 4 nitrogen and oxygen atoms in total.